The van der Waals surface area contributed by atoms with Crippen molar-refractivity contribution in [2.24, 2.45) is 0 Å². The molecule has 0 saturated heterocycles. The van der Waals surface area contributed by atoms with E-state index in [1.54, 1.807) is 18.2 Å². The highest BCUT2D eigenvalue weighted by Gasteiger charge is 2.38. The topological polar surface area (TPSA) is 81.4 Å². The molecule has 1 aromatic heterocycles. The number of nitrogens with zero attached hydrogens (tertiary/aromatic N) is 2. The van der Waals surface area contributed by atoms with Gasteiger partial charge in [-0.25, -0.2) is 13.4 Å². The maximum Gasteiger partial charge on any atom is 0.175 e. The highest BCUT2D eigenvalue weighted by molar-refractivity contribution is 7.90. The van der Waals surface area contributed by atoms with Gasteiger partial charge < -0.3 is 14.4 Å². The molecule has 6 nitrogen and oxygen atoms in total. The number of aromatic nitrogens is 2. The van der Waals surface area contributed by atoms with Crippen molar-refractivity contribution in [3.63, 3.8) is 0 Å². The van der Waals surface area contributed by atoms with Gasteiger partial charge in [0.1, 0.15) is 11.5 Å². The van der Waals surface area contributed by atoms with Crippen molar-refractivity contribution < 1.29 is 18.3 Å². The van der Waals surface area contributed by atoms with E-state index >= 15 is 0 Å². The third-order valence-electron chi connectivity index (χ3n) is 6.21. The van der Waals surface area contributed by atoms with Crippen LogP contribution in [0.25, 0.3) is 11.0 Å². The van der Waals surface area contributed by atoms with Gasteiger partial charge in [0.25, 0.3) is 0 Å². The molecule has 0 bridgehead atoms. The SMILES string of the molecule is CCn1c(C(O)(c2ccccc2)c2ccccc2)nc2ccc(Oc3cccc(S(C)(=O)=O)c3)cc21. The Balaban J connectivity index is 1.64. The number of rotatable bonds is 7. The van der Waals surface area contributed by atoms with Crippen molar-refractivity contribution in [2.45, 2.75) is 24.0 Å². The number of aryl methyl sites for hydroxylation is 1. The van der Waals surface area contributed by atoms with Gasteiger partial charge in [0.15, 0.2) is 21.3 Å². The fourth-order valence-corrected chi connectivity index (χ4v) is 5.11. The number of imidazole rings is 1. The molecule has 0 radical (unpaired) electrons. The minimum atomic E-state index is -3.35. The Hall–Kier alpha value is -3.94. The Morgan fingerprint density at radius 3 is 2.03 bits per heavy atom. The van der Waals surface area contributed by atoms with Crippen LogP contribution in [-0.4, -0.2) is 29.3 Å². The first-order chi connectivity index (χ1) is 17.3. The molecule has 4 aromatic carbocycles. The van der Waals surface area contributed by atoms with Crippen LogP contribution in [0.15, 0.2) is 108 Å². The molecule has 7 heteroatoms. The fourth-order valence-electron chi connectivity index (χ4n) is 4.45. The number of hydrogen-bond donors (Lipinski definition) is 1. The van der Waals surface area contributed by atoms with Crippen LogP contribution >= 0.6 is 0 Å². The summed E-state index contributed by atoms with van der Waals surface area (Å²) in [7, 11) is -3.35. The minimum absolute atomic E-state index is 0.192. The Morgan fingerprint density at radius 1 is 0.833 bits per heavy atom. The second kappa shape index (κ2) is 9.26. The van der Waals surface area contributed by atoms with E-state index in [1.807, 2.05) is 84.3 Å². The lowest BCUT2D eigenvalue weighted by molar-refractivity contribution is 0.112. The van der Waals surface area contributed by atoms with Crippen LogP contribution in [0.3, 0.4) is 0 Å². The molecule has 0 aliphatic carbocycles. The van der Waals surface area contributed by atoms with E-state index in [4.69, 9.17) is 9.72 Å². The summed E-state index contributed by atoms with van der Waals surface area (Å²) in [6, 6.07) is 30.9. The predicted molar refractivity (Wildman–Crippen MR) is 140 cm³/mol. The van der Waals surface area contributed by atoms with Crippen molar-refractivity contribution in [2.75, 3.05) is 6.26 Å². The van der Waals surface area contributed by atoms with E-state index in [0.717, 1.165) is 22.2 Å². The van der Waals surface area contributed by atoms with E-state index < -0.39 is 15.4 Å². The molecule has 0 amide bonds. The van der Waals surface area contributed by atoms with Crippen molar-refractivity contribution in [1.82, 2.24) is 9.55 Å². The Labute approximate surface area is 210 Å². The average molecular weight is 499 g/mol. The number of benzene rings is 4. The summed E-state index contributed by atoms with van der Waals surface area (Å²) < 4.78 is 31.9. The molecule has 0 spiro atoms. The van der Waals surface area contributed by atoms with Crippen molar-refractivity contribution in [3.05, 3.63) is 120 Å². The van der Waals surface area contributed by atoms with Crippen LogP contribution in [0.5, 0.6) is 11.5 Å². The highest BCUT2D eigenvalue weighted by atomic mass is 32.2. The van der Waals surface area contributed by atoms with E-state index in [1.165, 1.54) is 18.4 Å². The van der Waals surface area contributed by atoms with E-state index in [0.29, 0.717) is 23.9 Å². The lowest BCUT2D eigenvalue weighted by Crippen LogP contribution is -2.32. The number of fused-ring (bicyclic) bond motifs is 1. The van der Waals surface area contributed by atoms with E-state index in [9.17, 15) is 13.5 Å². The van der Waals surface area contributed by atoms with Gasteiger partial charge in [0.2, 0.25) is 0 Å². The lowest BCUT2D eigenvalue weighted by Gasteiger charge is -2.29. The van der Waals surface area contributed by atoms with Crippen molar-refractivity contribution >= 4 is 20.9 Å². The Morgan fingerprint density at radius 2 is 1.44 bits per heavy atom. The zero-order chi connectivity index (χ0) is 25.3. The fraction of sp³-hybridized carbons (Fsp3) is 0.138. The number of sulfone groups is 1. The molecule has 1 N–H and O–H groups in total. The quantitative estimate of drug-likeness (QED) is 0.319. The third kappa shape index (κ3) is 4.27. The van der Waals surface area contributed by atoms with E-state index in [2.05, 4.69) is 0 Å². The monoisotopic (exact) mass is 498 g/mol. The molecule has 36 heavy (non-hydrogen) atoms. The molecule has 0 unspecified atom stereocenters. The van der Waals surface area contributed by atoms with Crippen LogP contribution in [-0.2, 0) is 22.0 Å². The smallest absolute Gasteiger partial charge is 0.175 e. The molecular formula is C29H26N2O4S. The third-order valence-corrected chi connectivity index (χ3v) is 7.32. The van der Waals surface area contributed by atoms with Crippen molar-refractivity contribution in [1.29, 1.82) is 0 Å². The average Bonchev–Trinajstić information content (AvgIpc) is 3.27. The first kappa shape index (κ1) is 23.8. The largest absolute Gasteiger partial charge is 0.457 e. The number of aliphatic hydroxyl groups is 1. The van der Waals surface area contributed by atoms with Gasteiger partial charge in [-0.1, -0.05) is 66.7 Å². The van der Waals surface area contributed by atoms with Crippen LogP contribution < -0.4 is 4.74 Å². The number of hydrogen-bond acceptors (Lipinski definition) is 5. The van der Waals surface area contributed by atoms with Gasteiger partial charge in [-0.3, -0.25) is 0 Å². The summed E-state index contributed by atoms with van der Waals surface area (Å²) in [4.78, 5) is 5.07. The molecule has 1 heterocycles. The van der Waals surface area contributed by atoms with Crippen LogP contribution in [0.1, 0.15) is 23.9 Å². The Kier molecular flexibility index (Phi) is 6.12. The summed E-state index contributed by atoms with van der Waals surface area (Å²) in [6.45, 7) is 2.57. The normalized spacial score (nSPS) is 12.1. The highest BCUT2D eigenvalue weighted by Crippen LogP contribution is 2.38. The van der Waals surface area contributed by atoms with Gasteiger partial charge in [-0.15, -0.1) is 0 Å². The summed E-state index contributed by atoms with van der Waals surface area (Å²) >= 11 is 0. The Bertz CT molecular complexity index is 1590. The second-order valence-electron chi connectivity index (χ2n) is 8.62. The lowest BCUT2D eigenvalue weighted by atomic mass is 9.85. The molecule has 182 valence electrons. The molecule has 5 rings (SSSR count). The zero-order valence-corrected chi connectivity index (χ0v) is 20.8. The zero-order valence-electron chi connectivity index (χ0n) is 20.0. The molecule has 0 aliphatic heterocycles. The van der Waals surface area contributed by atoms with Gasteiger partial charge in [-0.05, 0) is 48.4 Å². The van der Waals surface area contributed by atoms with Gasteiger partial charge in [0.05, 0.1) is 15.9 Å². The maximum atomic E-state index is 12.3. The molecular weight excluding hydrogens is 472 g/mol. The summed E-state index contributed by atoms with van der Waals surface area (Å²) in [6.07, 6.45) is 1.17. The maximum absolute atomic E-state index is 12.3. The van der Waals surface area contributed by atoms with Crippen LogP contribution in [0, 0.1) is 0 Å². The minimum Gasteiger partial charge on any atom is -0.457 e. The standard InChI is InChI=1S/C29H26N2O4S/c1-3-31-27-20-24(35-23-15-10-16-25(19-23)36(2,33)34)17-18-26(27)30-28(31)29(32,21-11-6-4-7-12-21)22-13-8-5-9-14-22/h4-20,32H,3H2,1-2H3. The number of ether oxygens (including phenoxy) is 1. The molecule has 5 aromatic rings. The second-order valence-corrected chi connectivity index (χ2v) is 10.6. The van der Waals surface area contributed by atoms with Crippen LogP contribution in [0.2, 0.25) is 0 Å². The molecule has 0 atom stereocenters. The van der Waals surface area contributed by atoms with Gasteiger partial charge >= 0.3 is 0 Å². The predicted octanol–water partition coefficient (Wildman–Crippen LogP) is 5.54. The molecule has 0 saturated carbocycles. The van der Waals surface area contributed by atoms with Crippen LogP contribution in [0.4, 0.5) is 0 Å². The summed E-state index contributed by atoms with van der Waals surface area (Å²) in [5.74, 6) is 1.47. The van der Waals surface area contributed by atoms with Crippen molar-refractivity contribution in [3.8, 4) is 11.5 Å². The van der Waals surface area contributed by atoms with E-state index in [-0.39, 0.29) is 4.90 Å². The first-order valence-corrected chi connectivity index (χ1v) is 13.5. The summed E-state index contributed by atoms with van der Waals surface area (Å²) in [5.41, 5.74) is 1.48. The van der Waals surface area contributed by atoms with Gasteiger partial charge in [-0.2, -0.15) is 0 Å². The molecule has 0 aliphatic rings. The first-order valence-electron chi connectivity index (χ1n) is 11.6. The molecule has 0 fully saturated rings. The van der Waals surface area contributed by atoms with Gasteiger partial charge in [0, 0.05) is 18.9 Å². The summed E-state index contributed by atoms with van der Waals surface area (Å²) in [5, 5.41) is 12.3.